The summed E-state index contributed by atoms with van der Waals surface area (Å²) in [6.45, 7) is 1.42. The average molecular weight is 807 g/mol. The largest absolute Gasteiger partial charge is 0.505 e. The van der Waals surface area contributed by atoms with Gasteiger partial charge in [-0.05, 0) is 96.1 Å². The molecule has 0 atom stereocenters. The number of nitrogens with zero attached hydrogens (tertiary/aromatic N) is 4. The summed E-state index contributed by atoms with van der Waals surface area (Å²) in [5, 5.41) is 42.5. The van der Waals surface area contributed by atoms with Gasteiger partial charge in [0.1, 0.15) is 21.2 Å². The van der Waals surface area contributed by atoms with Crippen molar-refractivity contribution in [3.8, 4) is 11.5 Å². The Kier molecular flexibility index (Phi) is 10.1. The van der Waals surface area contributed by atoms with Gasteiger partial charge in [-0.1, -0.05) is 24.3 Å². The van der Waals surface area contributed by atoms with Gasteiger partial charge in [0.2, 0.25) is 0 Å². The lowest BCUT2D eigenvalue weighted by atomic mass is 10.1. The zero-order chi connectivity index (χ0) is 39.9. The van der Waals surface area contributed by atoms with Gasteiger partial charge in [-0.3, -0.25) is 13.7 Å². The van der Waals surface area contributed by atoms with E-state index in [1.165, 1.54) is 55.5 Å². The van der Waals surface area contributed by atoms with Gasteiger partial charge in [0, 0.05) is 22.1 Å². The van der Waals surface area contributed by atoms with Gasteiger partial charge in [-0.15, -0.1) is 10.2 Å². The van der Waals surface area contributed by atoms with Crippen molar-refractivity contribution in [1.82, 2.24) is 0 Å². The molecule has 0 fully saturated rings. The number of phenols is 2. The highest BCUT2D eigenvalue weighted by Gasteiger charge is 2.24. The summed E-state index contributed by atoms with van der Waals surface area (Å²) in [5.41, 5.74) is -0.595. The van der Waals surface area contributed by atoms with Crippen LogP contribution < -0.4 is 10.6 Å². The molecular weight excluding hydrogens is 781 g/mol. The van der Waals surface area contributed by atoms with Crippen LogP contribution in [0, 0.1) is 6.92 Å². The number of benzene rings is 6. The molecule has 0 aliphatic carbocycles. The van der Waals surface area contributed by atoms with Crippen LogP contribution in [0.1, 0.15) is 5.56 Å². The lowest BCUT2D eigenvalue weighted by molar-refractivity contribution is 0.262. The molecule has 0 aromatic heterocycles. The fraction of sp³-hybridized carbons (Fsp3) is 0.0294. The van der Waals surface area contributed by atoms with Crippen LogP contribution >= 0.6 is 0 Å². The van der Waals surface area contributed by atoms with E-state index < -0.39 is 73.9 Å². The molecule has 6 aromatic carbocycles. The van der Waals surface area contributed by atoms with Crippen molar-refractivity contribution in [3.63, 3.8) is 0 Å². The fourth-order valence-corrected chi connectivity index (χ4v) is 7.44. The minimum absolute atomic E-state index is 0.0153. The van der Waals surface area contributed by atoms with Crippen molar-refractivity contribution in [1.29, 1.82) is 0 Å². The third kappa shape index (κ3) is 8.41. The van der Waals surface area contributed by atoms with Crippen LogP contribution in [-0.2, 0) is 30.4 Å². The van der Waals surface area contributed by atoms with E-state index in [9.17, 15) is 53.9 Å². The second-order valence-corrected chi connectivity index (χ2v) is 15.9. The number of nitrogens with one attached hydrogen (secondary N) is 2. The zero-order valence-electron chi connectivity index (χ0n) is 27.8. The zero-order valence-corrected chi connectivity index (χ0v) is 30.3. The van der Waals surface area contributed by atoms with Gasteiger partial charge in [-0.25, -0.2) is 4.79 Å². The number of anilines is 2. The molecule has 0 unspecified atom stereocenters. The molecule has 0 aliphatic rings. The maximum atomic E-state index is 13.0. The predicted molar refractivity (Wildman–Crippen MR) is 199 cm³/mol. The summed E-state index contributed by atoms with van der Waals surface area (Å²) < 4.78 is 102. The summed E-state index contributed by atoms with van der Waals surface area (Å²) in [6.07, 6.45) is 0. The Morgan fingerprint density at radius 2 is 0.982 bits per heavy atom. The number of carbonyl (C=O) groups is 1. The van der Waals surface area contributed by atoms with Crippen LogP contribution in [-0.4, -0.2) is 55.2 Å². The molecule has 0 spiro atoms. The SMILES string of the molecule is Cc1ccc(N=Nc2c(S(=O)(=O)O)cc3cc(NC(=O)Nc4ccc5c(O)c(N=Nc6ccccc6)c(S(=O)(=O)O)cc5c4)ccc3c2O)cc1S(=O)(=O)O. The third-order valence-corrected chi connectivity index (χ3v) is 10.6. The first-order valence-corrected chi connectivity index (χ1v) is 19.7. The lowest BCUT2D eigenvalue weighted by Gasteiger charge is -2.13. The minimum atomic E-state index is -5.05. The fourth-order valence-electron chi connectivity index (χ4n) is 5.38. The summed E-state index contributed by atoms with van der Waals surface area (Å²) >= 11 is 0. The first-order chi connectivity index (χ1) is 25.8. The third-order valence-electron chi connectivity index (χ3n) is 7.91. The Labute approximate surface area is 311 Å². The van der Waals surface area contributed by atoms with Crippen LogP contribution in [0.25, 0.3) is 21.5 Å². The molecule has 55 heavy (non-hydrogen) atoms. The first kappa shape index (κ1) is 38.4. The number of fused-ring (bicyclic) bond motifs is 2. The highest BCUT2D eigenvalue weighted by atomic mass is 32.2. The van der Waals surface area contributed by atoms with E-state index in [1.54, 1.807) is 30.3 Å². The van der Waals surface area contributed by atoms with Crippen LogP contribution in [0.15, 0.2) is 132 Å². The Morgan fingerprint density at radius 1 is 0.527 bits per heavy atom. The number of aromatic hydroxyl groups is 2. The molecule has 21 heteroatoms. The Balaban J connectivity index is 1.28. The Morgan fingerprint density at radius 3 is 1.44 bits per heavy atom. The molecule has 6 rings (SSSR count). The topological polar surface area (TPSA) is 294 Å². The molecule has 18 nitrogen and oxygen atoms in total. The molecule has 7 N–H and O–H groups in total. The van der Waals surface area contributed by atoms with Crippen molar-refractivity contribution in [2.24, 2.45) is 20.5 Å². The van der Waals surface area contributed by atoms with Gasteiger partial charge < -0.3 is 20.8 Å². The van der Waals surface area contributed by atoms with Gasteiger partial charge in [0.25, 0.3) is 30.4 Å². The van der Waals surface area contributed by atoms with E-state index >= 15 is 0 Å². The predicted octanol–water partition coefficient (Wildman–Crippen LogP) is 7.93. The van der Waals surface area contributed by atoms with Crippen LogP contribution in [0.5, 0.6) is 11.5 Å². The highest BCUT2D eigenvalue weighted by Crippen LogP contribution is 2.43. The summed E-state index contributed by atoms with van der Waals surface area (Å²) in [7, 11) is -14.6. The second-order valence-electron chi connectivity index (χ2n) is 11.7. The monoisotopic (exact) mass is 806 g/mol. The number of carbonyl (C=O) groups excluding carboxylic acids is 1. The van der Waals surface area contributed by atoms with E-state index in [-0.39, 0.29) is 44.2 Å². The molecule has 0 saturated heterocycles. The number of hydrogen-bond acceptors (Lipinski definition) is 13. The maximum Gasteiger partial charge on any atom is 0.323 e. The first-order valence-electron chi connectivity index (χ1n) is 15.4. The molecule has 0 aliphatic heterocycles. The van der Waals surface area contributed by atoms with Gasteiger partial charge in [0.15, 0.2) is 11.5 Å². The van der Waals surface area contributed by atoms with E-state index in [0.29, 0.717) is 5.69 Å². The molecular formula is C34H26N6O12S3. The van der Waals surface area contributed by atoms with Crippen molar-refractivity contribution in [2.45, 2.75) is 21.6 Å². The van der Waals surface area contributed by atoms with Gasteiger partial charge >= 0.3 is 6.03 Å². The van der Waals surface area contributed by atoms with Gasteiger partial charge in [-0.2, -0.15) is 35.5 Å². The molecule has 2 amide bonds. The number of amides is 2. The standard InChI is InChI=1S/C34H26N6O12S3/c1-18-7-8-24(17-27(18)53(44,45)46)38-40-31-29(55(50,51)52)16-20-14-23(10-12-26(20)33(31)42)36-34(43)35-22-9-11-25-19(13-22)15-28(54(47,48)49)30(32(25)41)39-37-21-5-3-2-4-6-21/h2-17,41-42H,1H3,(H2,35,36,43)(H,44,45,46)(H,47,48,49)(H,50,51,52). The maximum absolute atomic E-state index is 13.0. The highest BCUT2D eigenvalue weighted by molar-refractivity contribution is 7.86. The number of azo groups is 2. The van der Waals surface area contributed by atoms with Crippen molar-refractivity contribution in [2.75, 3.05) is 10.6 Å². The molecule has 0 radical (unpaired) electrons. The lowest BCUT2D eigenvalue weighted by Crippen LogP contribution is -2.19. The molecule has 6 aromatic rings. The summed E-state index contributed by atoms with van der Waals surface area (Å²) in [5.74, 6) is -1.34. The van der Waals surface area contributed by atoms with Gasteiger partial charge in [0.05, 0.1) is 16.3 Å². The molecule has 282 valence electrons. The number of hydrogen-bond donors (Lipinski definition) is 7. The summed E-state index contributed by atoms with van der Waals surface area (Å²) in [6, 6.07) is 21.0. The molecule has 0 saturated carbocycles. The molecule has 0 bridgehead atoms. The normalized spacial score (nSPS) is 12.5. The second kappa shape index (κ2) is 14.5. The van der Waals surface area contributed by atoms with E-state index in [0.717, 1.165) is 18.2 Å². The van der Waals surface area contributed by atoms with Crippen molar-refractivity contribution in [3.05, 3.63) is 103 Å². The number of phenolic OH excluding ortho intramolecular Hbond substituents is 2. The summed E-state index contributed by atoms with van der Waals surface area (Å²) in [4.78, 5) is 10.9. The van der Waals surface area contributed by atoms with E-state index in [1.807, 2.05) is 0 Å². The Hall–Kier alpha value is -6.36. The number of urea groups is 1. The minimum Gasteiger partial charge on any atom is -0.505 e. The smallest absolute Gasteiger partial charge is 0.323 e. The Bertz CT molecular complexity index is 2960. The van der Waals surface area contributed by atoms with Crippen LogP contribution in [0.4, 0.5) is 38.9 Å². The quantitative estimate of drug-likeness (QED) is 0.0541. The number of rotatable bonds is 9. The van der Waals surface area contributed by atoms with Crippen molar-refractivity contribution >= 4 is 92.1 Å². The van der Waals surface area contributed by atoms with E-state index in [2.05, 4.69) is 31.1 Å². The molecule has 0 heterocycles. The van der Waals surface area contributed by atoms with Crippen LogP contribution in [0.3, 0.4) is 0 Å². The van der Waals surface area contributed by atoms with E-state index in [4.69, 9.17) is 0 Å². The van der Waals surface area contributed by atoms with Crippen molar-refractivity contribution < 1.29 is 53.9 Å². The van der Waals surface area contributed by atoms with Crippen LogP contribution in [0.2, 0.25) is 0 Å². The number of aryl methyl sites for hydroxylation is 1. The average Bonchev–Trinajstić information content (AvgIpc) is 3.10.